The van der Waals surface area contributed by atoms with Crippen LogP contribution in [-0.4, -0.2) is 65.8 Å². The van der Waals surface area contributed by atoms with E-state index in [4.69, 9.17) is 9.47 Å². The van der Waals surface area contributed by atoms with E-state index in [1.165, 1.54) is 18.2 Å². The van der Waals surface area contributed by atoms with Crippen molar-refractivity contribution in [2.75, 3.05) is 13.2 Å². The number of fused-ring (bicyclic) bond motifs is 1. The molecule has 2 N–H and O–H groups in total. The number of carbonyl (C=O) groups excluding carboxylic acids is 5. The van der Waals surface area contributed by atoms with Crippen LogP contribution in [-0.2, 0) is 19.1 Å². The van der Waals surface area contributed by atoms with Crippen molar-refractivity contribution >= 4 is 29.5 Å². The number of nitrogens with zero attached hydrogens (tertiary/aromatic N) is 1. The molecule has 10 nitrogen and oxygen atoms in total. The van der Waals surface area contributed by atoms with E-state index in [2.05, 4.69) is 10.6 Å². The molecule has 2 fully saturated rings. The molecule has 0 radical (unpaired) electrons. The van der Waals surface area contributed by atoms with Gasteiger partial charge in [-0.25, -0.2) is 0 Å². The van der Waals surface area contributed by atoms with Crippen molar-refractivity contribution < 1.29 is 33.4 Å². The van der Waals surface area contributed by atoms with Crippen molar-refractivity contribution in [1.82, 2.24) is 15.5 Å². The fourth-order valence-corrected chi connectivity index (χ4v) is 4.09. The van der Waals surface area contributed by atoms with Crippen molar-refractivity contribution in [2.45, 2.75) is 50.8 Å². The third-order valence-corrected chi connectivity index (χ3v) is 5.63. The Labute approximate surface area is 178 Å². The highest BCUT2D eigenvalue weighted by atomic mass is 16.5. The minimum atomic E-state index is -1.03. The molecule has 10 heteroatoms. The molecular weight excluding hydrogens is 406 g/mol. The Bertz CT molecular complexity index is 960. The molecule has 3 aliphatic rings. The number of nitrogens with one attached hydrogen (secondary N) is 2. The van der Waals surface area contributed by atoms with E-state index in [0.717, 1.165) is 17.7 Å². The fraction of sp³-hybridized carbons (Fsp3) is 0.476. The molecule has 1 aromatic carbocycles. The summed E-state index contributed by atoms with van der Waals surface area (Å²) in [6, 6.07) is 3.34. The van der Waals surface area contributed by atoms with Crippen molar-refractivity contribution in [3.8, 4) is 5.75 Å². The first-order valence-electron chi connectivity index (χ1n) is 10.2. The maximum Gasteiger partial charge on any atom is 0.262 e. The smallest absolute Gasteiger partial charge is 0.262 e. The van der Waals surface area contributed by atoms with Crippen LogP contribution in [0.1, 0.15) is 53.3 Å². The summed E-state index contributed by atoms with van der Waals surface area (Å²) in [6.45, 7) is 2.32. The van der Waals surface area contributed by atoms with E-state index in [1.54, 1.807) is 0 Å². The van der Waals surface area contributed by atoms with Crippen molar-refractivity contribution in [2.24, 2.45) is 0 Å². The molecule has 3 aliphatic heterocycles. The molecule has 5 amide bonds. The van der Waals surface area contributed by atoms with Crippen LogP contribution in [0.2, 0.25) is 0 Å². The predicted octanol–water partition coefficient (Wildman–Crippen LogP) is 0.150. The quantitative estimate of drug-likeness (QED) is 0.637. The molecule has 31 heavy (non-hydrogen) atoms. The van der Waals surface area contributed by atoms with E-state index >= 15 is 0 Å². The lowest BCUT2D eigenvalue weighted by molar-refractivity contribution is -0.136. The number of hydrogen-bond donors (Lipinski definition) is 2. The minimum Gasteiger partial charge on any atom is -0.484 e. The number of rotatable bonds is 5. The average molecular weight is 429 g/mol. The Morgan fingerprint density at radius 3 is 2.71 bits per heavy atom. The zero-order chi connectivity index (χ0) is 22.1. The second kappa shape index (κ2) is 8.46. The minimum absolute atomic E-state index is 0.0288. The number of carbonyl (C=O) groups is 5. The van der Waals surface area contributed by atoms with Gasteiger partial charge in [-0.2, -0.15) is 0 Å². The molecule has 1 aromatic rings. The summed E-state index contributed by atoms with van der Waals surface area (Å²) < 4.78 is 11.0. The van der Waals surface area contributed by atoms with Gasteiger partial charge in [0.2, 0.25) is 11.8 Å². The molecule has 2 saturated heterocycles. The van der Waals surface area contributed by atoms with Gasteiger partial charge >= 0.3 is 0 Å². The van der Waals surface area contributed by atoms with E-state index in [1.807, 2.05) is 6.92 Å². The summed E-state index contributed by atoms with van der Waals surface area (Å²) in [7, 11) is 0. The van der Waals surface area contributed by atoms with Gasteiger partial charge in [0, 0.05) is 19.1 Å². The van der Waals surface area contributed by atoms with E-state index in [0.29, 0.717) is 6.61 Å². The molecule has 0 aliphatic carbocycles. The molecule has 3 atom stereocenters. The molecule has 0 bridgehead atoms. The van der Waals surface area contributed by atoms with Crippen LogP contribution in [0.3, 0.4) is 0 Å². The second-order valence-corrected chi connectivity index (χ2v) is 7.91. The molecule has 0 aromatic heterocycles. The SMILES string of the molecule is CC1CC(NC(=O)COc2ccc3c(c2)C(=O)N(C2CCC(=O)NC2=O)C3=O)CCO1. The lowest BCUT2D eigenvalue weighted by atomic mass is 10.0. The van der Waals surface area contributed by atoms with Gasteiger partial charge in [-0.05, 0) is 44.4 Å². The van der Waals surface area contributed by atoms with E-state index in [9.17, 15) is 24.0 Å². The van der Waals surface area contributed by atoms with Crippen LogP contribution >= 0.6 is 0 Å². The number of ether oxygens (including phenoxy) is 2. The molecule has 0 saturated carbocycles. The van der Waals surface area contributed by atoms with Gasteiger partial charge in [0.25, 0.3) is 17.7 Å². The van der Waals surface area contributed by atoms with Gasteiger partial charge in [0.05, 0.1) is 17.2 Å². The summed E-state index contributed by atoms with van der Waals surface area (Å²) in [5.41, 5.74) is 0.258. The zero-order valence-electron chi connectivity index (χ0n) is 17.0. The van der Waals surface area contributed by atoms with Gasteiger partial charge in [-0.3, -0.25) is 34.2 Å². The first-order chi connectivity index (χ1) is 14.8. The van der Waals surface area contributed by atoms with Crippen LogP contribution in [0.25, 0.3) is 0 Å². The van der Waals surface area contributed by atoms with Crippen molar-refractivity contribution in [1.29, 1.82) is 0 Å². The average Bonchev–Trinajstić information content (AvgIpc) is 2.97. The summed E-state index contributed by atoms with van der Waals surface area (Å²) in [5.74, 6) is -2.33. The van der Waals surface area contributed by atoms with Gasteiger partial charge in [0.1, 0.15) is 11.8 Å². The van der Waals surface area contributed by atoms with Gasteiger partial charge in [-0.15, -0.1) is 0 Å². The number of amides is 5. The van der Waals surface area contributed by atoms with Crippen molar-refractivity contribution in [3.63, 3.8) is 0 Å². The summed E-state index contributed by atoms with van der Waals surface area (Å²) >= 11 is 0. The van der Waals surface area contributed by atoms with E-state index < -0.39 is 29.7 Å². The highest BCUT2D eigenvalue weighted by molar-refractivity contribution is 6.23. The number of imide groups is 2. The van der Waals surface area contributed by atoms with Crippen LogP contribution < -0.4 is 15.4 Å². The monoisotopic (exact) mass is 429 g/mol. The normalized spacial score (nSPS) is 25.8. The Balaban J connectivity index is 1.39. The first kappa shape index (κ1) is 21.0. The maximum absolute atomic E-state index is 12.8. The molecule has 164 valence electrons. The largest absolute Gasteiger partial charge is 0.484 e. The molecule has 0 spiro atoms. The number of piperidine rings is 1. The lowest BCUT2D eigenvalue weighted by Crippen LogP contribution is -2.54. The summed E-state index contributed by atoms with van der Waals surface area (Å²) in [6.07, 6.45) is 1.70. The molecular formula is C21H23N3O7. The lowest BCUT2D eigenvalue weighted by Gasteiger charge is -2.27. The zero-order valence-corrected chi connectivity index (χ0v) is 17.0. The van der Waals surface area contributed by atoms with Crippen LogP contribution in [0.5, 0.6) is 5.75 Å². The van der Waals surface area contributed by atoms with Gasteiger partial charge in [0.15, 0.2) is 6.61 Å². The Hall–Kier alpha value is -3.27. The standard InChI is InChI=1S/C21H23N3O7/c1-11-8-12(6-7-30-11)22-18(26)10-31-13-2-3-14-15(9-13)21(29)24(20(14)28)16-4-5-17(25)23-19(16)27/h2-3,9,11-12,16H,4-8,10H2,1H3,(H,22,26)(H,23,25,27). The van der Waals surface area contributed by atoms with E-state index in [-0.39, 0.29) is 54.4 Å². The van der Waals surface area contributed by atoms with Crippen molar-refractivity contribution in [3.05, 3.63) is 29.3 Å². The molecule has 4 rings (SSSR count). The van der Waals surface area contributed by atoms with Gasteiger partial charge in [-0.1, -0.05) is 0 Å². The highest BCUT2D eigenvalue weighted by Gasteiger charge is 2.44. The predicted molar refractivity (Wildman–Crippen MR) is 105 cm³/mol. The first-order valence-corrected chi connectivity index (χ1v) is 10.2. The van der Waals surface area contributed by atoms with Crippen LogP contribution in [0, 0.1) is 0 Å². The second-order valence-electron chi connectivity index (χ2n) is 7.91. The highest BCUT2D eigenvalue weighted by Crippen LogP contribution is 2.30. The maximum atomic E-state index is 12.8. The summed E-state index contributed by atoms with van der Waals surface area (Å²) in [4.78, 5) is 62.0. The third-order valence-electron chi connectivity index (χ3n) is 5.63. The summed E-state index contributed by atoms with van der Waals surface area (Å²) in [5, 5.41) is 5.05. The van der Waals surface area contributed by atoms with Crippen LogP contribution in [0.15, 0.2) is 18.2 Å². The molecule has 3 unspecified atom stereocenters. The Morgan fingerprint density at radius 2 is 1.97 bits per heavy atom. The fourth-order valence-electron chi connectivity index (χ4n) is 4.09. The molecule has 3 heterocycles. The van der Waals surface area contributed by atoms with Gasteiger partial charge < -0.3 is 14.8 Å². The third kappa shape index (κ3) is 4.29. The number of benzene rings is 1. The topological polar surface area (TPSA) is 131 Å². The van der Waals surface area contributed by atoms with Crippen LogP contribution in [0.4, 0.5) is 0 Å². The Kier molecular flexibility index (Phi) is 5.73. The Morgan fingerprint density at radius 1 is 1.19 bits per heavy atom. The number of hydrogen-bond acceptors (Lipinski definition) is 7.